The maximum atomic E-state index is 11.1. The lowest BCUT2D eigenvalue weighted by Gasteiger charge is -2.14. The van der Waals surface area contributed by atoms with Crippen LogP contribution in [0.15, 0.2) is 58.8 Å². The normalized spacial score (nSPS) is 13.2. The van der Waals surface area contributed by atoms with Gasteiger partial charge in [-0.3, -0.25) is 10.1 Å². The van der Waals surface area contributed by atoms with Gasteiger partial charge >= 0.3 is 0 Å². The molecule has 9 heteroatoms. The molecule has 1 aromatic heterocycles. The van der Waals surface area contributed by atoms with Gasteiger partial charge in [-0.2, -0.15) is 9.78 Å². The molecule has 1 aliphatic heterocycles. The number of hydrogen-bond acceptors (Lipinski definition) is 7. The average molecular weight is 395 g/mol. The second kappa shape index (κ2) is 7.43. The molecule has 8 nitrogen and oxygen atoms in total. The van der Waals surface area contributed by atoms with Crippen LogP contribution in [-0.4, -0.2) is 37.4 Å². The van der Waals surface area contributed by atoms with E-state index in [4.69, 9.17) is 4.74 Å². The lowest BCUT2D eigenvalue weighted by atomic mass is 10.1. The fourth-order valence-corrected chi connectivity index (χ4v) is 3.67. The van der Waals surface area contributed by atoms with Crippen LogP contribution in [0, 0.1) is 10.1 Å². The first-order chi connectivity index (χ1) is 13.5. The number of nitro groups is 1. The summed E-state index contributed by atoms with van der Waals surface area (Å²) in [5, 5.41) is 24.9. The number of thioether (sulfide) groups is 1. The summed E-state index contributed by atoms with van der Waals surface area (Å²) in [4.78, 5) is 10.7. The fourth-order valence-electron chi connectivity index (χ4n) is 2.83. The zero-order valence-corrected chi connectivity index (χ0v) is 16.1. The molecule has 0 N–H and O–H groups in total. The summed E-state index contributed by atoms with van der Waals surface area (Å²) in [6.45, 7) is 3.94. The van der Waals surface area contributed by atoms with Crippen molar-refractivity contribution >= 4 is 23.2 Å². The highest BCUT2D eigenvalue weighted by molar-refractivity contribution is 7.99. The average Bonchev–Trinajstić information content (AvgIpc) is 3.11. The summed E-state index contributed by atoms with van der Waals surface area (Å²) < 4.78 is 7.44. The molecule has 0 radical (unpaired) electrons. The fraction of sp³-hybridized carbons (Fsp3) is 0.211. The smallest absolute Gasteiger partial charge is 0.270 e. The zero-order chi connectivity index (χ0) is 19.7. The third kappa shape index (κ3) is 3.61. The Morgan fingerprint density at radius 3 is 2.71 bits per heavy atom. The third-order valence-electron chi connectivity index (χ3n) is 4.02. The number of nitro benzene ring substituents is 1. The van der Waals surface area contributed by atoms with Crippen molar-refractivity contribution in [3.63, 3.8) is 0 Å². The van der Waals surface area contributed by atoms with Crippen molar-refractivity contribution in [2.45, 2.75) is 25.1 Å². The van der Waals surface area contributed by atoms with Crippen molar-refractivity contribution in [1.82, 2.24) is 14.9 Å². The molecule has 0 unspecified atom stereocenters. The van der Waals surface area contributed by atoms with Crippen molar-refractivity contribution in [1.29, 1.82) is 0 Å². The van der Waals surface area contributed by atoms with Crippen LogP contribution < -0.4 is 4.74 Å². The number of fused-ring (bicyclic) bond motifs is 1. The van der Waals surface area contributed by atoms with Crippen LogP contribution in [0.4, 0.5) is 5.69 Å². The van der Waals surface area contributed by atoms with Gasteiger partial charge in [0.25, 0.3) is 5.69 Å². The van der Waals surface area contributed by atoms with E-state index in [0.717, 1.165) is 17.0 Å². The molecule has 1 aliphatic rings. The summed E-state index contributed by atoms with van der Waals surface area (Å²) >= 11 is 1.49. The first kappa shape index (κ1) is 18.2. The number of rotatable bonds is 5. The van der Waals surface area contributed by atoms with E-state index in [0.29, 0.717) is 22.3 Å². The molecule has 0 atom stereocenters. The Labute approximate surface area is 165 Å². The maximum Gasteiger partial charge on any atom is 0.270 e. The monoisotopic (exact) mass is 395 g/mol. The van der Waals surface area contributed by atoms with E-state index in [-0.39, 0.29) is 11.8 Å². The van der Waals surface area contributed by atoms with Gasteiger partial charge in [-0.1, -0.05) is 36.0 Å². The second-order valence-electron chi connectivity index (χ2n) is 6.46. The molecule has 2 heterocycles. The quantitative estimate of drug-likeness (QED) is 0.479. The van der Waals surface area contributed by atoms with Gasteiger partial charge in [0.05, 0.1) is 16.7 Å². The minimum atomic E-state index is -0.407. The Bertz CT molecular complexity index is 1080. The predicted octanol–water partition coefficient (Wildman–Crippen LogP) is 4.00. The molecule has 0 spiro atoms. The van der Waals surface area contributed by atoms with Crippen LogP contribution in [0.5, 0.6) is 5.75 Å². The van der Waals surface area contributed by atoms with Crippen LogP contribution in [0.1, 0.15) is 19.4 Å². The minimum absolute atomic E-state index is 0.0403. The SMILES string of the molecule is CC(C)Oc1cccc(-c2nnc3n2N=C(c2cccc([N+](=O)[O-])c2)CS3)c1. The molecular weight excluding hydrogens is 378 g/mol. The van der Waals surface area contributed by atoms with Gasteiger partial charge in [-0.05, 0) is 26.0 Å². The second-order valence-corrected chi connectivity index (χ2v) is 7.40. The van der Waals surface area contributed by atoms with E-state index >= 15 is 0 Å². The first-order valence-electron chi connectivity index (χ1n) is 8.69. The maximum absolute atomic E-state index is 11.1. The number of nitrogens with zero attached hydrogens (tertiary/aromatic N) is 5. The Morgan fingerprint density at radius 2 is 1.93 bits per heavy atom. The minimum Gasteiger partial charge on any atom is -0.491 e. The molecule has 0 saturated heterocycles. The topological polar surface area (TPSA) is 95.4 Å². The van der Waals surface area contributed by atoms with Crippen molar-refractivity contribution in [2.75, 3.05) is 5.75 Å². The number of non-ortho nitro benzene ring substituents is 1. The molecule has 3 aromatic rings. The highest BCUT2D eigenvalue weighted by Crippen LogP contribution is 2.30. The highest BCUT2D eigenvalue weighted by atomic mass is 32.2. The highest BCUT2D eigenvalue weighted by Gasteiger charge is 2.22. The van der Waals surface area contributed by atoms with Crippen molar-refractivity contribution in [3.05, 3.63) is 64.2 Å². The Kier molecular flexibility index (Phi) is 4.82. The van der Waals surface area contributed by atoms with Gasteiger partial charge in [-0.15, -0.1) is 10.2 Å². The first-order valence-corrected chi connectivity index (χ1v) is 9.68. The Morgan fingerprint density at radius 1 is 1.14 bits per heavy atom. The molecule has 0 fully saturated rings. The number of benzene rings is 2. The largest absolute Gasteiger partial charge is 0.491 e. The standard InChI is InChI=1S/C19H17N5O3S/c1-12(2)27-16-8-4-6-14(10-16)18-20-21-19-23(18)22-17(11-28-19)13-5-3-7-15(9-13)24(25)26/h3-10,12H,11H2,1-2H3. The van der Waals surface area contributed by atoms with Gasteiger partial charge in [0, 0.05) is 29.0 Å². The summed E-state index contributed by atoms with van der Waals surface area (Å²) in [6.07, 6.45) is 0.0663. The summed E-state index contributed by atoms with van der Waals surface area (Å²) in [5.74, 6) is 1.91. The van der Waals surface area contributed by atoms with Gasteiger partial charge in [0.1, 0.15) is 5.75 Å². The predicted molar refractivity (Wildman–Crippen MR) is 107 cm³/mol. The molecule has 0 aliphatic carbocycles. The van der Waals surface area contributed by atoms with E-state index in [2.05, 4.69) is 15.3 Å². The van der Waals surface area contributed by atoms with Gasteiger partial charge < -0.3 is 4.74 Å². The van der Waals surface area contributed by atoms with Crippen molar-refractivity contribution in [3.8, 4) is 17.1 Å². The van der Waals surface area contributed by atoms with E-state index < -0.39 is 4.92 Å². The van der Waals surface area contributed by atoms with Crippen LogP contribution in [0.3, 0.4) is 0 Å². The summed E-state index contributed by atoms with van der Waals surface area (Å²) in [5.41, 5.74) is 2.32. The summed E-state index contributed by atoms with van der Waals surface area (Å²) in [7, 11) is 0. The Hall–Kier alpha value is -3.20. The molecular formula is C19H17N5O3S. The third-order valence-corrected chi connectivity index (χ3v) is 4.96. The van der Waals surface area contributed by atoms with Crippen LogP contribution in [0.25, 0.3) is 11.4 Å². The molecule has 28 heavy (non-hydrogen) atoms. The number of ether oxygens (including phenoxy) is 1. The van der Waals surface area contributed by atoms with Crippen LogP contribution >= 0.6 is 11.8 Å². The zero-order valence-electron chi connectivity index (χ0n) is 15.3. The van der Waals surface area contributed by atoms with Crippen LogP contribution in [0.2, 0.25) is 0 Å². The summed E-state index contributed by atoms with van der Waals surface area (Å²) in [6, 6.07) is 14.1. The molecule has 0 saturated carbocycles. The molecule has 4 rings (SSSR count). The van der Waals surface area contributed by atoms with Crippen LogP contribution in [-0.2, 0) is 0 Å². The van der Waals surface area contributed by atoms with Gasteiger partial charge in [-0.25, -0.2) is 0 Å². The lowest BCUT2D eigenvalue weighted by Crippen LogP contribution is -2.14. The molecule has 142 valence electrons. The lowest BCUT2D eigenvalue weighted by molar-refractivity contribution is -0.384. The van der Waals surface area contributed by atoms with E-state index in [9.17, 15) is 10.1 Å². The van der Waals surface area contributed by atoms with E-state index in [1.54, 1.807) is 10.7 Å². The number of aromatic nitrogens is 3. The molecule has 0 bridgehead atoms. The van der Waals surface area contributed by atoms with Crippen molar-refractivity contribution in [2.24, 2.45) is 5.10 Å². The number of hydrogen-bond donors (Lipinski definition) is 0. The Balaban J connectivity index is 1.73. The van der Waals surface area contributed by atoms with E-state index in [1.807, 2.05) is 44.2 Å². The molecule has 0 amide bonds. The molecule has 2 aromatic carbocycles. The van der Waals surface area contributed by atoms with E-state index in [1.165, 1.54) is 23.9 Å². The van der Waals surface area contributed by atoms with Crippen molar-refractivity contribution < 1.29 is 9.66 Å². The van der Waals surface area contributed by atoms with Gasteiger partial charge in [0.15, 0.2) is 5.82 Å². The van der Waals surface area contributed by atoms with Gasteiger partial charge in [0.2, 0.25) is 5.16 Å².